The van der Waals surface area contributed by atoms with Gasteiger partial charge in [0, 0.05) is 6.54 Å². The lowest BCUT2D eigenvalue weighted by Gasteiger charge is -2.53. The van der Waals surface area contributed by atoms with Gasteiger partial charge in [-0.25, -0.2) is 9.59 Å². The highest BCUT2D eigenvalue weighted by Gasteiger charge is 2.49. The van der Waals surface area contributed by atoms with Crippen molar-refractivity contribution < 1.29 is 23.8 Å². The molecule has 8 nitrogen and oxygen atoms in total. The highest BCUT2D eigenvalue weighted by molar-refractivity contribution is 5.72. The van der Waals surface area contributed by atoms with E-state index >= 15 is 0 Å². The van der Waals surface area contributed by atoms with Gasteiger partial charge in [0.2, 0.25) is 0 Å². The molecule has 0 bridgehead atoms. The number of amides is 2. The molecule has 2 amide bonds. The van der Waals surface area contributed by atoms with E-state index < -0.39 is 0 Å². The first kappa shape index (κ1) is 21.2. The minimum absolute atomic E-state index is 0.0234. The summed E-state index contributed by atoms with van der Waals surface area (Å²) in [7, 11) is 3.41. The molecule has 0 aromatic rings. The predicted molar refractivity (Wildman–Crippen MR) is 104 cm³/mol. The van der Waals surface area contributed by atoms with Gasteiger partial charge in [0.15, 0.2) is 6.10 Å². The molecule has 3 fully saturated rings. The van der Waals surface area contributed by atoms with Gasteiger partial charge in [0.25, 0.3) is 0 Å². The third-order valence-corrected chi connectivity index (χ3v) is 6.67. The van der Waals surface area contributed by atoms with Gasteiger partial charge in [-0.15, -0.1) is 0 Å². The first-order chi connectivity index (χ1) is 13.5. The van der Waals surface area contributed by atoms with Crippen LogP contribution in [0.15, 0.2) is 0 Å². The number of nitrogens with one attached hydrogen (secondary N) is 1. The number of hydrogen-bond acceptors (Lipinski definition) is 6. The van der Waals surface area contributed by atoms with Crippen molar-refractivity contribution in [2.24, 2.45) is 11.8 Å². The van der Waals surface area contributed by atoms with Crippen LogP contribution in [0.2, 0.25) is 0 Å². The SMILES string of the molecule is CCC(CNC)C1CCC2C(C1)N(C(=O)OC1COC1)CC(C)N2C(=O)OC. The molecule has 2 saturated heterocycles. The Morgan fingerprint density at radius 1 is 1.21 bits per heavy atom. The Morgan fingerprint density at radius 2 is 1.96 bits per heavy atom. The first-order valence-corrected chi connectivity index (χ1v) is 10.6. The maximum atomic E-state index is 12.9. The van der Waals surface area contributed by atoms with Gasteiger partial charge in [0.1, 0.15) is 0 Å². The normalized spacial score (nSPS) is 31.6. The van der Waals surface area contributed by atoms with E-state index in [0.717, 1.165) is 32.2 Å². The fourth-order valence-corrected chi connectivity index (χ4v) is 5.11. The van der Waals surface area contributed by atoms with E-state index in [9.17, 15) is 9.59 Å². The Kier molecular flexibility index (Phi) is 7.04. The molecule has 3 aliphatic rings. The third kappa shape index (κ3) is 4.22. The summed E-state index contributed by atoms with van der Waals surface area (Å²) in [5.74, 6) is 1.09. The zero-order valence-corrected chi connectivity index (χ0v) is 17.6. The standard InChI is InChI=1S/C20H35N3O5/c1-5-14(9-21-3)15-6-7-17-18(8-15)22(19(24)28-16-11-27-12-16)10-13(2)23(17)20(25)26-4/h13-18,21H,5-12H2,1-4H3. The van der Waals surface area contributed by atoms with Crippen LogP contribution in [0.1, 0.15) is 39.5 Å². The van der Waals surface area contributed by atoms with Crippen LogP contribution >= 0.6 is 0 Å². The van der Waals surface area contributed by atoms with Crippen molar-refractivity contribution in [3.63, 3.8) is 0 Å². The molecule has 160 valence electrons. The van der Waals surface area contributed by atoms with Crippen LogP contribution in [0.5, 0.6) is 0 Å². The highest BCUT2D eigenvalue weighted by Crippen LogP contribution is 2.39. The topological polar surface area (TPSA) is 80.3 Å². The maximum absolute atomic E-state index is 12.9. The van der Waals surface area contributed by atoms with E-state index in [2.05, 4.69) is 12.2 Å². The van der Waals surface area contributed by atoms with E-state index in [0.29, 0.717) is 31.6 Å². The molecular weight excluding hydrogens is 362 g/mol. The summed E-state index contributed by atoms with van der Waals surface area (Å²) >= 11 is 0. The van der Waals surface area contributed by atoms with Crippen LogP contribution in [-0.2, 0) is 14.2 Å². The molecule has 2 heterocycles. The average molecular weight is 398 g/mol. The Morgan fingerprint density at radius 3 is 2.54 bits per heavy atom. The van der Waals surface area contributed by atoms with Crippen molar-refractivity contribution in [3.8, 4) is 0 Å². The van der Waals surface area contributed by atoms with Gasteiger partial charge in [-0.05, 0) is 51.6 Å². The number of ether oxygens (including phenoxy) is 3. The lowest BCUT2D eigenvalue weighted by molar-refractivity contribution is -0.115. The molecule has 2 aliphatic heterocycles. The predicted octanol–water partition coefficient (Wildman–Crippen LogP) is 2.08. The van der Waals surface area contributed by atoms with E-state index in [1.807, 2.05) is 23.8 Å². The van der Waals surface area contributed by atoms with E-state index in [4.69, 9.17) is 14.2 Å². The molecule has 1 N–H and O–H groups in total. The van der Waals surface area contributed by atoms with Gasteiger partial charge >= 0.3 is 12.2 Å². The molecule has 0 radical (unpaired) electrons. The number of hydrogen-bond donors (Lipinski definition) is 1. The van der Waals surface area contributed by atoms with Gasteiger partial charge in [-0.1, -0.05) is 13.3 Å². The lowest BCUT2D eigenvalue weighted by atomic mass is 9.73. The Balaban J connectivity index is 1.79. The Labute approximate surface area is 167 Å². The van der Waals surface area contributed by atoms with Gasteiger partial charge in [-0.3, -0.25) is 4.90 Å². The van der Waals surface area contributed by atoms with Crippen LogP contribution < -0.4 is 5.32 Å². The smallest absolute Gasteiger partial charge is 0.410 e. The fraction of sp³-hybridized carbons (Fsp3) is 0.900. The number of piperazine rings is 1. The second-order valence-electron chi connectivity index (χ2n) is 8.36. The summed E-state index contributed by atoms with van der Waals surface area (Å²) in [5, 5.41) is 3.30. The molecular formula is C20H35N3O5. The van der Waals surface area contributed by atoms with Crippen LogP contribution in [-0.4, -0.2) is 86.7 Å². The summed E-state index contributed by atoms with van der Waals surface area (Å²) in [6.45, 7) is 6.58. The second-order valence-corrected chi connectivity index (χ2v) is 8.36. The largest absolute Gasteiger partial charge is 0.453 e. The number of carbonyl (C=O) groups excluding carboxylic acids is 2. The van der Waals surface area contributed by atoms with E-state index in [-0.39, 0.29) is 36.4 Å². The first-order valence-electron chi connectivity index (χ1n) is 10.6. The van der Waals surface area contributed by atoms with Crippen molar-refractivity contribution in [3.05, 3.63) is 0 Å². The van der Waals surface area contributed by atoms with E-state index in [1.165, 1.54) is 7.11 Å². The molecule has 3 rings (SSSR count). The summed E-state index contributed by atoms with van der Waals surface area (Å²) in [4.78, 5) is 29.1. The lowest BCUT2D eigenvalue weighted by Crippen LogP contribution is -2.67. The van der Waals surface area contributed by atoms with Crippen LogP contribution in [0.25, 0.3) is 0 Å². The van der Waals surface area contributed by atoms with Crippen molar-refractivity contribution in [1.82, 2.24) is 15.1 Å². The number of fused-ring (bicyclic) bond motifs is 1. The average Bonchev–Trinajstić information content (AvgIpc) is 2.67. The molecule has 5 atom stereocenters. The van der Waals surface area contributed by atoms with E-state index in [1.54, 1.807) is 0 Å². The number of carbonyl (C=O) groups is 2. The number of rotatable bonds is 5. The Hall–Kier alpha value is -1.54. The third-order valence-electron chi connectivity index (χ3n) is 6.67. The van der Waals surface area contributed by atoms with Crippen LogP contribution in [0.4, 0.5) is 9.59 Å². The summed E-state index contributed by atoms with van der Waals surface area (Å²) in [6.07, 6.45) is 3.20. The second kappa shape index (κ2) is 9.31. The summed E-state index contributed by atoms with van der Waals surface area (Å²) in [6, 6.07) is -0.159. The monoisotopic (exact) mass is 397 g/mol. The molecule has 0 spiro atoms. The zero-order valence-electron chi connectivity index (χ0n) is 17.6. The summed E-state index contributed by atoms with van der Waals surface area (Å²) in [5.41, 5.74) is 0. The minimum atomic E-state index is -0.302. The van der Waals surface area contributed by atoms with Crippen molar-refractivity contribution in [2.45, 2.75) is 63.8 Å². The zero-order chi connectivity index (χ0) is 20.3. The quantitative estimate of drug-likeness (QED) is 0.765. The van der Waals surface area contributed by atoms with Gasteiger partial charge in [-0.2, -0.15) is 0 Å². The maximum Gasteiger partial charge on any atom is 0.410 e. The molecule has 0 aromatic carbocycles. The van der Waals surface area contributed by atoms with Crippen LogP contribution in [0.3, 0.4) is 0 Å². The number of nitrogens with zero attached hydrogens (tertiary/aromatic N) is 2. The fourth-order valence-electron chi connectivity index (χ4n) is 5.11. The molecule has 0 aromatic heterocycles. The molecule has 28 heavy (non-hydrogen) atoms. The van der Waals surface area contributed by atoms with Crippen molar-refractivity contribution in [2.75, 3.05) is 40.5 Å². The van der Waals surface area contributed by atoms with Crippen molar-refractivity contribution in [1.29, 1.82) is 0 Å². The minimum Gasteiger partial charge on any atom is -0.453 e. The molecule has 1 aliphatic carbocycles. The highest BCUT2D eigenvalue weighted by atomic mass is 16.6. The van der Waals surface area contributed by atoms with Gasteiger partial charge < -0.3 is 24.4 Å². The number of methoxy groups -OCH3 is 1. The van der Waals surface area contributed by atoms with Crippen molar-refractivity contribution >= 4 is 12.2 Å². The molecule has 1 saturated carbocycles. The molecule has 5 unspecified atom stereocenters. The van der Waals surface area contributed by atoms with Crippen LogP contribution in [0, 0.1) is 11.8 Å². The Bertz CT molecular complexity index is 556. The summed E-state index contributed by atoms with van der Waals surface area (Å²) < 4.78 is 15.8. The molecule has 8 heteroatoms. The van der Waals surface area contributed by atoms with Gasteiger partial charge in [0.05, 0.1) is 38.4 Å².